The van der Waals surface area contributed by atoms with Gasteiger partial charge < -0.3 is 15.0 Å². The first-order valence-corrected chi connectivity index (χ1v) is 9.76. The van der Waals surface area contributed by atoms with Crippen LogP contribution in [0.1, 0.15) is 33.6 Å². The molecule has 1 fully saturated rings. The standard InChI is InChI=1S/C20H19ClN6O3/c1-30-18-11-17(27-12-22-24-25-27)16(21)10-15(18)19(28)23-14-6-4-5-13(9-14)20(29)26-7-2-3-8-26/h4-6,9-12H,2-3,7-8H2,1H3,(H,23,28). The van der Waals surface area contributed by atoms with Gasteiger partial charge in [0.15, 0.2) is 0 Å². The highest BCUT2D eigenvalue weighted by atomic mass is 35.5. The summed E-state index contributed by atoms with van der Waals surface area (Å²) < 4.78 is 6.74. The molecule has 0 bridgehead atoms. The molecule has 1 aliphatic heterocycles. The number of anilines is 1. The van der Waals surface area contributed by atoms with E-state index in [0.717, 1.165) is 25.9 Å². The molecule has 1 aromatic heterocycles. The first-order valence-electron chi connectivity index (χ1n) is 9.38. The molecule has 0 spiro atoms. The Kier molecular flexibility index (Phi) is 5.62. The van der Waals surface area contributed by atoms with Crippen molar-refractivity contribution in [3.05, 3.63) is 58.9 Å². The van der Waals surface area contributed by atoms with E-state index in [0.29, 0.717) is 22.7 Å². The smallest absolute Gasteiger partial charge is 0.259 e. The quantitative estimate of drug-likeness (QED) is 0.673. The molecule has 1 aliphatic rings. The molecule has 1 saturated heterocycles. The number of likely N-dealkylation sites (tertiary alicyclic amines) is 1. The molecule has 2 heterocycles. The lowest BCUT2D eigenvalue weighted by Crippen LogP contribution is -2.27. The van der Waals surface area contributed by atoms with Gasteiger partial charge in [0, 0.05) is 30.4 Å². The minimum atomic E-state index is -0.414. The number of hydrogen-bond acceptors (Lipinski definition) is 6. The van der Waals surface area contributed by atoms with Crippen molar-refractivity contribution < 1.29 is 14.3 Å². The van der Waals surface area contributed by atoms with E-state index in [4.69, 9.17) is 16.3 Å². The Hall–Kier alpha value is -3.46. The van der Waals surface area contributed by atoms with Crippen molar-refractivity contribution in [3.8, 4) is 11.4 Å². The average molecular weight is 427 g/mol. The number of nitrogens with one attached hydrogen (secondary N) is 1. The summed E-state index contributed by atoms with van der Waals surface area (Å²) in [5, 5.41) is 14.1. The molecule has 1 N–H and O–H groups in total. The summed E-state index contributed by atoms with van der Waals surface area (Å²) in [6, 6.07) is 9.95. The topological polar surface area (TPSA) is 102 Å². The summed E-state index contributed by atoms with van der Waals surface area (Å²) in [6.45, 7) is 1.53. The molecule has 4 rings (SSSR count). The van der Waals surface area contributed by atoms with Gasteiger partial charge in [-0.15, -0.1) is 5.10 Å². The molecule has 30 heavy (non-hydrogen) atoms. The van der Waals surface area contributed by atoms with Crippen molar-refractivity contribution in [2.75, 3.05) is 25.5 Å². The lowest BCUT2D eigenvalue weighted by Gasteiger charge is -2.16. The van der Waals surface area contributed by atoms with E-state index >= 15 is 0 Å². The first-order chi connectivity index (χ1) is 14.6. The van der Waals surface area contributed by atoms with Crippen LogP contribution in [-0.4, -0.2) is 57.1 Å². The molecule has 0 aliphatic carbocycles. The predicted molar refractivity (Wildman–Crippen MR) is 110 cm³/mol. The second kappa shape index (κ2) is 8.50. The highest BCUT2D eigenvalue weighted by Crippen LogP contribution is 2.30. The van der Waals surface area contributed by atoms with Gasteiger partial charge in [0.2, 0.25) is 0 Å². The van der Waals surface area contributed by atoms with Crippen molar-refractivity contribution >= 4 is 29.1 Å². The number of aromatic nitrogens is 4. The summed E-state index contributed by atoms with van der Waals surface area (Å²) >= 11 is 6.33. The van der Waals surface area contributed by atoms with Crippen LogP contribution in [0.15, 0.2) is 42.7 Å². The summed E-state index contributed by atoms with van der Waals surface area (Å²) in [5.41, 5.74) is 1.77. The number of hydrogen-bond donors (Lipinski definition) is 1. The van der Waals surface area contributed by atoms with Crippen molar-refractivity contribution in [3.63, 3.8) is 0 Å². The maximum absolute atomic E-state index is 12.9. The molecule has 10 heteroatoms. The van der Waals surface area contributed by atoms with Crippen LogP contribution in [0, 0.1) is 0 Å². The van der Waals surface area contributed by atoms with Gasteiger partial charge in [-0.05, 0) is 47.5 Å². The number of halogens is 1. The Morgan fingerprint density at radius 2 is 1.97 bits per heavy atom. The van der Waals surface area contributed by atoms with Crippen LogP contribution >= 0.6 is 11.6 Å². The molecule has 0 atom stereocenters. The zero-order valence-corrected chi connectivity index (χ0v) is 17.0. The lowest BCUT2D eigenvalue weighted by molar-refractivity contribution is 0.0792. The summed E-state index contributed by atoms with van der Waals surface area (Å²) in [7, 11) is 1.46. The molecular formula is C20H19ClN6O3. The van der Waals surface area contributed by atoms with Gasteiger partial charge in [-0.2, -0.15) is 4.68 Å². The van der Waals surface area contributed by atoms with Crippen LogP contribution in [-0.2, 0) is 0 Å². The predicted octanol–water partition coefficient (Wildman–Crippen LogP) is 2.81. The minimum Gasteiger partial charge on any atom is -0.496 e. The fourth-order valence-corrected chi connectivity index (χ4v) is 3.62. The molecule has 3 aromatic rings. The summed E-state index contributed by atoms with van der Waals surface area (Å²) in [4.78, 5) is 27.3. The Balaban J connectivity index is 1.57. The third-order valence-corrected chi connectivity index (χ3v) is 5.17. The van der Waals surface area contributed by atoms with Gasteiger partial charge in [-0.3, -0.25) is 9.59 Å². The number of nitrogens with zero attached hydrogens (tertiary/aromatic N) is 5. The van der Waals surface area contributed by atoms with Gasteiger partial charge >= 0.3 is 0 Å². The maximum atomic E-state index is 12.9. The number of benzene rings is 2. The van der Waals surface area contributed by atoms with Crippen molar-refractivity contribution in [2.45, 2.75) is 12.8 Å². The Morgan fingerprint density at radius 3 is 2.67 bits per heavy atom. The zero-order chi connectivity index (χ0) is 21.1. The van der Waals surface area contributed by atoms with E-state index in [1.54, 1.807) is 30.3 Å². The monoisotopic (exact) mass is 426 g/mol. The van der Waals surface area contributed by atoms with E-state index in [-0.39, 0.29) is 16.5 Å². The average Bonchev–Trinajstić information content (AvgIpc) is 3.47. The van der Waals surface area contributed by atoms with E-state index in [9.17, 15) is 9.59 Å². The molecule has 2 amide bonds. The summed E-state index contributed by atoms with van der Waals surface area (Å²) in [5.74, 6) is -0.135. The van der Waals surface area contributed by atoms with Crippen LogP contribution in [0.25, 0.3) is 5.69 Å². The first kappa shape index (κ1) is 19.8. The van der Waals surface area contributed by atoms with E-state index < -0.39 is 5.91 Å². The highest BCUT2D eigenvalue weighted by molar-refractivity contribution is 6.33. The van der Waals surface area contributed by atoms with Crippen LogP contribution in [0.3, 0.4) is 0 Å². The largest absolute Gasteiger partial charge is 0.496 e. The minimum absolute atomic E-state index is 0.0324. The van der Waals surface area contributed by atoms with Crippen LogP contribution in [0.2, 0.25) is 5.02 Å². The van der Waals surface area contributed by atoms with Crippen molar-refractivity contribution in [1.82, 2.24) is 25.1 Å². The third-order valence-electron chi connectivity index (χ3n) is 4.87. The van der Waals surface area contributed by atoms with Crippen molar-refractivity contribution in [2.24, 2.45) is 0 Å². The number of carbonyl (C=O) groups excluding carboxylic acids is 2. The van der Waals surface area contributed by atoms with Gasteiger partial charge in [0.05, 0.1) is 23.4 Å². The molecule has 9 nitrogen and oxygen atoms in total. The molecule has 0 saturated carbocycles. The fraction of sp³-hybridized carbons (Fsp3) is 0.250. The summed E-state index contributed by atoms with van der Waals surface area (Å²) in [6.07, 6.45) is 3.43. The maximum Gasteiger partial charge on any atom is 0.259 e. The number of carbonyl (C=O) groups is 2. The molecule has 2 aromatic carbocycles. The second-order valence-electron chi connectivity index (χ2n) is 6.79. The van der Waals surface area contributed by atoms with E-state index in [1.807, 2.05) is 4.90 Å². The Morgan fingerprint density at radius 1 is 1.17 bits per heavy atom. The Labute approximate surface area is 177 Å². The van der Waals surface area contributed by atoms with Gasteiger partial charge in [0.1, 0.15) is 12.1 Å². The van der Waals surface area contributed by atoms with E-state index in [2.05, 4.69) is 20.8 Å². The number of ether oxygens (including phenoxy) is 1. The Bertz CT molecular complexity index is 1080. The van der Waals surface area contributed by atoms with Crippen molar-refractivity contribution in [1.29, 1.82) is 0 Å². The van der Waals surface area contributed by atoms with Gasteiger partial charge in [0.25, 0.3) is 11.8 Å². The van der Waals surface area contributed by atoms with Crippen LogP contribution in [0.4, 0.5) is 5.69 Å². The van der Waals surface area contributed by atoms with E-state index in [1.165, 1.54) is 24.2 Å². The van der Waals surface area contributed by atoms with Crippen LogP contribution in [0.5, 0.6) is 5.75 Å². The highest BCUT2D eigenvalue weighted by Gasteiger charge is 2.21. The van der Waals surface area contributed by atoms with Gasteiger partial charge in [-0.1, -0.05) is 17.7 Å². The zero-order valence-electron chi connectivity index (χ0n) is 16.2. The molecule has 0 unspecified atom stereocenters. The SMILES string of the molecule is COc1cc(-n2cnnn2)c(Cl)cc1C(=O)Nc1cccc(C(=O)N2CCCC2)c1. The molecule has 154 valence electrons. The fourth-order valence-electron chi connectivity index (χ4n) is 3.37. The number of rotatable bonds is 5. The molecule has 0 radical (unpaired) electrons. The number of tetrazole rings is 1. The number of methoxy groups -OCH3 is 1. The normalized spacial score (nSPS) is 13.3. The second-order valence-corrected chi connectivity index (χ2v) is 7.20. The van der Waals surface area contributed by atoms with Gasteiger partial charge in [-0.25, -0.2) is 0 Å². The number of amides is 2. The molecular weight excluding hydrogens is 408 g/mol. The lowest BCUT2D eigenvalue weighted by atomic mass is 10.1. The van der Waals surface area contributed by atoms with Crippen LogP contribution < -0.4 is 10.1 Å². The third kappa shape index (κ3) is 3.97.